The predicted molar refractivity (Wildman–Crippen MR) is 55.1 cm³/mol. The zero-order chi connectivity index (χ0) is 12.0. The molecule has 0 aromatic carbocycles. The molecule has 6 heteroatoms. The van der Waals surface area contributed by atoms with Gasteiger partial charge in [0.2, 0.25) is 0 Å². The van der Waals surface area contributed by atoms with Crippen molar-refractivity contribution in [2.45, 2.75) is 12.5 Å². The summed E-state index contributed by atoms with van der Waals surface area (Å²) in [5.41, 5.74) is 0. The normalized spacial score (nSPS) is 21.0. The van der Waals surface area contributed by atoms with E-state index >= 15 is 0 Å². The van der Waals surface area contributed by atoms with Crippen molar-refractivity contribution >= 4 is 12.1 Å². The monoisotopic (exact) mass is 229 g/mol. The van der Waals surface area contributed by atoms with Gasteiger partial charge in [0.15, 0.2) is 6.10 Å². The van der Waals surface area contributed by atoms with Crippen LogP contribution in [-0.4, -0.2) is 54.5 Å². The molecule has 1 unspecified atom stereocenters. The first-order chi connectivity index (χ1) is 7.65. The number of ether oxygens (including phenoxy) is 2. The summed E-state index contributed by atoms with van der Waals surface area (Å²) in [6.07, 6.45) is 0.559. The summed E-state index contributed by atoms with van der Waals surface area (Å²) in [7, 11) is 0. The van der Waals surface area contributed by atoms with E-state index in [0.29, 0.717) is 19.6 Å². The molecule has 0 aromatic rings. The summed E-state index contributed by atoms with van der Waals surface area (Å²) in [5, 5.41) is 8.82. The number of carboxylic acid groups (broad SMARTS) is 1. The fourth-order valence-corrected chi connectivity index (χ4v) is 1.36. The Balaban J connectivity index is 2.53. The van der Waals surface area contributed by atoms with Gasteiger partial charge in [-0.25, -0.2) is 9.59 Å². The summed E-state index contributed by atoms with van der Waals surface area (Å²) < 4.78 is 9.91. The highest BCUT2D eigenvalue weighted by Gasteiger charge is 2.27. The zero-order valence-corrected chi connectivity index (χ0v) is 8.92. The van der Waals surface area contributed by atoms with E-state index < -0.39 is 18.2 Å². The van der Waals surface area contributed by atoms with Crippen LogP contribution in [0.25, 0.3) is 0 Å². The molecular formula is C10H15NO5. The van der Waals surface area contributed by atoms with E-state index in [1.165, 1.54) is 11.0 Å². The molecule has 1 rings (SSSR count). The van der Waals surface area contributed by atoms with Crippen molar-refractivity contribution in [2.24, 2.45) is 0 Å². The Kier molecular flexibility index (Phi) is 4.78. The second-order valence-electron chi connectivity index (χ2n) is 3.36. The van der Waals surface area contributed by atoms with Crippen LogP contribution in [0.15, 0.2) is 12.7 Å². The van der Waals surface area contributed by atoms with Gasteiger partial charge >= 0.3 is 12.1 Å². The van der Waals surface area contributed by atoms with Gasteiger partial charge < -0.3 is 19.5 Å². The number of hydrogen-bond donors (Lipinski definition) is 1. The Morgan fingerprint density at radius 1 is 1.62 bits per heavy atom. The largest absolute Gasteiger partial charge is 0.479 e. The van der Waals surface area contributed by atoms with Crippen LogP contribution >= 0.6 is 0 Å². The maximum Gasteiger partial charge on any atom is 0.410 e. The minimum absolute atomic E-state index is 0.0192. The van der Waals surface area contributed by atoms with E-state index in [1.807, 2.05) is 0 Å². The van der Waals surface area contributed by atoms with Gasteiger partial charge in [-0.2, -0.15) is 0 Å². The lowest BCUT2D eigenvalue weighted by Gasteiger charge is -2.20. The molecule has 1 atom stereocenters. The van der Waals surface area contributed by atoms with Crippen molar-refractivity contribution in [3.63, 3.8) is 0 Å². The van der Waals surface area contributed by atoms with Gasteiger partial charge in [-0.3, -0.25) is 0 Å². The lowest BCUT2D eigenvalue weighted by atomic mass is 10.3. The van der Waals surface area contributed by atoms with Crippen LogP contribution < -0.4 is 0 Å². The molecule has 1 aliphatic heterocycles. The predicted octanol–water partition coefficient (Wildman–Crippen LogP) is 0.485. The number of hydrogen-bond acceptors (Lipinski definition) is 4. The summed E-state index contributed by atoms with van der Waals surface area (Å²) >= 11 is 0. The third-order valence-corrected chi connectivity index (χ3v) is 2.14. The van der Waals surface area contributed by atoms with Crippen LogP contribution in [0.3, 0.4) is 0 Å². The van der Waals surface area contributed by atoms with Crippen molar-refractivity contribution in [3.8, 4) is 0 Å². The molecule has 1 fully saturated rings. The van der Waals surface area contributed by atoms with Gasteiger partial charge in [-0.05, 0) is 6.42 Å². The minimum Gasteiger partial charge on any atom is -0.479 e. The molecule has 0 spiro atoms. The molecular weight excluding hydrogens is 214 g/mol. The van der Waals surface area contributed by atoms with Crippen LogP contribution in [0.2, 0.25) is 0 Å². The lowest BCUT2D eigenvalue weighted by molar-refractivity contribution is -0.150. The zero-order valence-electron chi connectivity index (χ0n) is 8.92. The highest BCUT2D eigenvalue weighted by atomic mass is 16.6. The first kappa shape index (κ1) is 12.5. The van der Waals surface area contributed by atoms with Crippen LogP contribution in [-0.2, 0) is 14.3 Å². The molecule has 0 aliphatic carbocycles. The Bertz CT molecular complexity index is 278. The SMILES string of the molecule is C=CCOC(=O)N1CCCOC(C(=O)O)C1. The highest BCUT2D eigenvalue weighted by molar-refractivity contribution is 5.74. The first-order valence-corrected chi connectivity index (χ1v) is 5.02. The number of carbonyl (C=O) groups excluding carboxylic acids is 1. The van der Waals surface area contributed by atoms with E-state index in [9.17, 15) is 9.59 Å². The lowest BCUT2D eigenvalue weighted by Crippen LogP contribution is -2.40. The van der Waals surface area contributed by atoms with E-state index in [1.54, 1.807) is 0 Å². The molecule has 1 heterocycles. The summed E-state index contributed by atoms with van der Waals surface area (Å²) in [5.74, 6) is -1.07. The van der Waals surface area contributed by atoms with Crippen molar-refractivity contribution in [2.75, 3.05) is 26.3 Å². The van der Waals surface area contributed by atoms with Gasteiger partial charge in [0.1, 0.15) is 6.61 Å². The molecule has 1 N–H and O–H groups in total. The molecule has 1 amide bonds. The van der Waals surface area contributed by atoms with Gasteiger partial charge in [0.25, 0.3) is 0 Å². The van der Waals surface area contributed by atoms with Crippen molar-refractivity contribution in [1.82, 2.24) is 4.90 Å². The van der Waals surface area contributed by atoms with Crippen LogP contribution in [0, 0.1) is 0 Å². The second kappa shape index (κ2) is 6.12. The molecule has 6 nitrogen and oxygen atoms in total. The average molecular weight is 229 g/mol. The molecule has 1 aliphatic rings. The fraction of sp³-hybridized carbons (Fsp3) is 0.600. The molecule has 90 valence electrons. The standard InChI is InChI=1S/C10H15NO5/c1-2-5-16-10(14)11-4-3-6-15-8(7-11)9(12)13/h2,8H,1,3-7H2,(H,12,13). The summed E-state index contributed by atoms with van der Waals surface area (Å²) in [6, 6.07) is 0. The maximum absolute atomic E-state index is 11.5. The maximum atomic E-state index is 11.5. The number of amides is 1. The van der Waals surface area contributed by atoms with Gasteiger partial charge in [-0.1, -0.05) is 12.7 Å². The topological polar surface area (TPSA) is 76.1 Å². The van der Waals surface area contributed by atoms with E-state index in [2.05, 4.69) is 6.58 Å². The third kappa shape index (κ3) is 3.54. The first-order valence-electron chi connectivity index (χ1n) is 5.02. The summed E-state index contributed by atoms with van der Waals surface area (Å²) in [6.45, 7) is 4.34. The molecule has 16 heavy (non-hydrogen) atoms. The smallest absolute Gasteiger partial charge is 0.410 e. The number of aliphatic carboxylic acids is 1. The molecule has 0 bridgehead atoms. The summed E-state index contributed by atoms with van der Waals surface area (Å²) in [4.78, 5) is 23.6. The number of carboxylic acids is 1. The van der Waals surface area contributed by atoms with Gasteiger partial charge in [-0.15, -0.1) is 0 Å². The van der Waals surface area contributed by atoms with E-state index in [-0.39, 0.29) is 13.2 Å². The number of nitrogens with zero attached hydrogens (tertiary/aromatic N) is 1. The highest BCUT2D eigenvalue weighted by Crippen LogP contribution is 2.07. The second-order valence-corrected chi connectivity index (χ2v) is 3.36. The number of rotatable bonds is 3. The molecule has 1 saturated heterocycles. The molecule has 0 saturated carbocycles. The molecule has 0 radical (unpaired) electrons. The molecule has 0 aromatic heterocycles. The van der Waals surface area contributed by atoms with E-state index in [0.717, 1.165) is 0 Å². The Labute approximate surface area is 93.4 Å². The van der Waals surface area contributed by atoms with Crippen LogP contribution in [0.1, 0.15) is 6.42 Å². The quantitative estimate of drug-likeness (QED) is 0.712. The van der Waals surface area contributed by atoms with Crippen molar-refractivity contribution in [3.05, 3.63) is 12.7 Å². The fourth-order valence-electron chi connectivity index (χ4n) is 1.36. The third-order valence-electron chi connectivity index (χ3n) is 2.14. The van der Waals surface area contributed by atoms with Crippen molar-refractivity contribution in [1.29, 1.82) is 0 Å². The van der Waals surface area contributed by atoms with Gasteiger partial charge in [0, 0.05) is 13.2 Å². The minimum atomic E-state index is -1.07. The Morgan fingerprint density at radius 3 is 3.00 bits per heavy atom. The Morgan fingerprint density at radius 2 is 2.38 bits per heavy atom. The van der Waals surface area contributed by atoms with E-state index in [4.69, 9.17) is 14.6 Å². The Hall–Kier alpha value is -1.56. The number of carbonyl (C=O) groups is 2. The van der Waals surface area contributed by atoms with Crippen molar-refractivity contribution < 1.29 is 24.2 Å². The van der Waals surface area contributed by atoms with Crippen LogP contribution in [0.5, 0.6) is 0 Å². The van der Waals surface area contributed by atoms with Crippen LogP contribution in [0.4, 0.5) is 4.79 Å². The van der Waals surface area contributed by atoms with Gasteiger partial charge in [0.05, 0.1) is 6.54 Å². The average Bonchev–Trinajstić information content (AvgIpc) is 2.51.